The summed E-state index contributed by atoms with van der Waals surface area (Å²) in [6, 6.07) is 13.3. The molecule has 2 N–H and O–H groups in total. The molecular weight excluding hydrogens is 380 g/mol. The first-order valence-corrected chi connectivity index (χ1v) is 10.1. The fourth-order valence-electron chi connectivity index (χ4n) is 2.81. The predicted molar refractivity (Wildman–Crippen MR) is 105 cm³/mol. The molecule has 0 atom stereocenters. The number of sulfonamides is 1. The van der Waals surface area contributed by atoms with Crippen LogP contribution in [0, 0.1) is 6.92 Å². The van der Waals surface area contributed by atoms with Gasteiger partial charge in [0.15, 0.2) is 0 Å². The van der Waals surface area contributed by atoms with Crippen LogP contribution in [-0.2, 0) is 27.9 Å². The Morgan fingerprint density at radius 2 is 1.71 bits per heavy atom. The second kappa shape index (κ2) is 7.91. The van der Waals surface area contributed by atoms with Gasteiger partial charge in [0.05, 0.1) is 16.0 Å². The van der Waals surface area contributed by atoms with Gasteiger partial charge < -0.3 is 5.32 Å². The van der Waals surface area contributed by atoms with Gasteiger partial charge in [0, 0.05) is 11.9 Å². The van der Waals surface area contributed by atoms with Crippen molar-refractivity contribution >= 4 is 26.7 Å². The van der Waals surface area contributed by atoms with E-state index in [9.17, 15) is 18.0 Å². The molecule has 0 aliphatic carbocycles. The van der Waals surface area contributed by atoms with Crippen LogP contribution in [0.25, 0.3) is 10.8 Å². The molecule has 0 bridgehead atoms. The summed E-state index contributed by atoms with van der Waals surface area (Å²) >= 11 is 0. The maximum atomic E-state index is 12.5. The Bertz CT molecular complexity index is 1180. The molecule has 8 nitrogen and oxygen atoms in total. The van der Waals surface area contributed by atoms with Crippen molar-refractivity contribution in [3.8, 4) is 0 Å². The summed E-state index contributed by atoms with van der Waals surface area (Å²) in [6.07, 6.45) is 0. The van der Waals surface area contributed by atoms with Crippen LogP contribution in [0.4, 0.5) is 0 Å². The fourth-order valence-corrected chi connectivity index (χ4v) is 3.54. The van der Waals surface area contributed by atoms with Crippen LogP contribution in [0.15, 0.2) is 58.2 Å². The molecule has 1 aromatic heterocycles. The van der Waals surface area contributed by atoms with E-state index in [1.54, 1.807) is 31.2 Å². The molecule has 0 unspecified atom stereocenters. The maximum Gasteiger partial charge on any atom is 0.275 e. The number of rotatable bonds is 6. The summed E-state index contributed by atoms with van der Waals surface area (Å²) in [4.78, 5) is 24.9. The van der Waals surface area contributed by atoms with Crippen LogP contribution < -0.4 is 15.6 Å². The van der Waals surface area contributed by atoms with E-state index in [2.05, 4.69) is 15.1 Å². The first-order chi connectivity index (χ1) is 13.3. The molecule has 0 aliphatic heterocycles. The van der Waals surface area contributed by atoms with Gasteiger partial charge in [-0.25, -0.2) is 17.8 Å². The van der Waals surface area contributed by atoms with Gasteiger partial charge in [-0.05, 0) is 37.7 Å². The molecule has 0 saturated carbocycles. The molecule has 0 spiro atoms. The van der Waals surface area contributed by atoms with Crippen molar-refractivity contribution in [2.24, 2.45) is 0 Å². The third kappa shape index (κ3) is 4.10. The van der Waals surface area contributed by atoms with Gasteiger partial charge in [0.2, 0.25) is 15.9 Å². The quantitative estimate of drug-likeness (QED) is 0.640. The average Bonchev–Trinajstić information content (AvgIpc) is 2.70. The summed E-state index contributed by atoms with van der Waals surface area (Å²) in [5.74, 6) is -0.365. The van der Waals surface area contributed by atoms with Gasteiger partial charge >= 0.3 is 0 Å². The number of nitrogens with one attached hydrogen (secondary N) is 2. The Morgan fingerprint density at radius 3 is 2.36 bits per heavy atom. The molecule has 1 amide bonds. The molecule has 2 aromatic carbocycles. The molecule has 3 rings (SSSR count). The summed E-state index contributed by atoms with van der Waals surface area (Å²) in [5, 5.41) is 8.21. The molecule has 0 aliphatic rings. The highest BCUT2D eigenvalue weighted by molar-refractivity contribution is 7.89. The number of fused-ring (bicyclic) bond motifs is 1. The monoisotopic (exact) mass is 400 g/mol. The molecule has 28 heavy (non-hydrogen) atoms. The summed E-state index contributed by atoms with van der Waals surface area (Å²) in [5.41, 5.74) is 1.08. The van der Waals surface area contributed by atoms with Crippen molar-refractivity contribution in [1.82, 2.24) is 19.8 Å². The first kappa shape index (κ1) is 19.7. The lowest BCUT2D eigenvalue weighted by Crippen LogP contribution is -2.33. The third-order valence-corrected chi connectivity index (χ3v) is 5.77. The van der Waals surface area contributed by atoms with Crippen LogP contribution in [0.2, 0.25) is 0 Å². The van der Waals surface area contributed by atoms with Gasteiger partial charge in [-0.15, -0.1) is 0 Å². The van der Waals surface area contributed by atoms with E-state index in [-0.39, 0.29) is 29.5 Å². The Labute approximate surface area is 162 Å². The molecule has 0 saturated heterocycles. The third-order valence-electron chi connectivity index (χ3n) is 4.34. The molecular formula is C19H20N4O4S. The number of benzene rings is 2. The number of amides is 1. The lowest BCUT2D eigenvalue weighted by Gasteiger charge is -2.10. The van der Waals surface area contributed by atoms with E-state index in [1.165, 1.54) is 19.2 Å². The number of nitrogens with zero attached hydrogens (tertiary/aromatic N) is 2. The normalized spacial score (nSPS) is 11.5. The number of hydrogen-bond donors (Lipinski definition) is 2. The van der Waals surface area contributed by atoms with E-state index in [0.29, 0.717) is 11.1 Å². The smallest absolute Gasteiger partial charge is 0.275 e. The maximum absolute atomic E-state index is 12.5. The number of hydrogen-bond acceptors (Lipinski definition) is 5. The first-order valence-electron chi connectivity index (χ1n) is 8.57. The molecule has 0 radical (unpaired) electrons. The summed E-state index contributed by atoms with van der Waals surface area (Å²) < 4.78 is 26.8. The second-order valence-electron chi connectivity index (χ2n) is 6.22. The van der Waals surface area contributed by atoms with Crippen LogP contribution >= 0.6 is 0 Å². The standard InChI is InChI=1S/C19H20N4O4S/c1-13-16-5-3-4-6-17(16)19(25)23(22-13)12-18(24)21-11-14-7-9-15(10-8-14)28(26,27)20-2/h3-10,20H,11-12H2,1-2H3,(H,21,24). The van der Waals surface area contributed by atoms with E-state index in [1.807, 2.05) is 12.1 Å². The minimum Gasteiger partial charge on any atom is -0.350 e. The topological polar surface area (TPSA) is 110 Å². The molecule has 1 heterocycles. The van der Waals surface area contributed by atoms with Crippen molar-refractivity contribution in [3.63, 3.8) is 0 Å². The van der Waals surface area contributed by atoms with Gasteiger partial charge in [0.1, 0.15) is 6.54 Å². The van der Waals surface area contributed by atoms with Crippen molar-refractivity contribution in [2.75, 3.05) is 7.05 Å². The minimum absolute atomic E-state index is 0.146. The zero-order chi connectivity index (χ0) is 20.3. The van der Waals surface area contributed by atoms with Crippen LogP contribution in [-0.4, -0.2) is 31.2 Å². The van der Waals surface area contributed by atoms with Gasteiger partial charge in [0.25, 0.3) is 5.56 Å². The Kier molecular flexibility index (Phi) is 5.57. The van der Waals surface area contributed by atoms with E-state index >= 15 is 0 Å². The van der Waals surface area contributed by atoms with Gasteiger partial charge in [-0.2, -0.15) is 5.10 Å². The zero-order valence-electron chi connectivity index (χ0n) is 15.5. The Morgan fingerprint density at radius 1 is 1.07 bits per heavy atom. The highest BCUT2D eigenvalue weighted by Crippen LogP contribution is 2.12. The highest BCUT2D eigenvalue weighted by Gasteiger charge is 2.12. The fraction of sp³-hybridized carbons (Fsp3) is 0.211. The second-order valence-corrected chi connectivity index (χ2v) is 8.11. The number of carbonyl (C=O) groups excluding carboxylic acids is 1. The minimum atomic E-state index is -3.50. The lowest BCUT2D eigenvalue weighted by molar-refractivity contribution is -0.122. The van der Waals surface area contributed by atoms with E-state index < -0.39 is 10.0 Å². The van der Waals surface area contributed by atoms with Crippen molar-refractivity contribution < 1.29 is 13.2 Å². The zero-order valence-corrected chi connectivity index (χ0v) is 16.3. The van der Waals surface area contributed by atoms with Gasteiger partial charge in [-0.3, -0.25) is 9.59 Å². The Balaban J connectivity index is 1.69. The Hall–Kier alpha value is -3.04. The lowest BCUT2D eigenvalue weighted by atomic mass is 10.1. The van der Waals surface area contributed by atoms with Gasteiger partial charge in [-0.1, -0.05) is 30.3 Å². The number of aryl methyl sites for hydroxylation is 1. The number of carbonyl (C=O) groups is 1. The van der Waals surface area contributed by atoms with E-state index in [0.717, 1.165) is 15.6 Å². The largest absolute Gasteiger partial charge is 0.350 e. The van der Waals surface area contributed by atoms with Crippen LogP contribution in [0.5, 0.6) is 0 Å². The average molecular weight is 400 g/mol. The van der Waals surface area contributed by atoms with Crippen LogP contribution in [0.3, 0.4) is 0 Å². The predicted octanol–water partition coefficient (Wildman–Crippen LogP) is 0.929. The van der Waals surface area contributed by atoms with Crippen molar-refractivity contribution in [1.29, 1.82) is 0 Å². The summed E-state index contributed by atoms with van der Waals surface area (Å²) in [7, 11) is -2.16. The molecule has 146 valence electrons. The van der Waals surface area contributed by atoms with Crippen molar-refractivity contribution in [2.45, 2.75) is 24.9 Å². The molecule has 9 heteroatoms. The van der Waals surface area contributed by atoms with Crippen LogP contribution in [0.1, 0.15) is 11.3 Å². The molecule has 0 fully saturated rings. The summed E-state index contributed by atoms with van der Waals surface area (Å²) in [6.45, 7) is 1.80. The highest BCUT2D eigenvalue weighted by atomic mass is 32.2. The van der Waals surface area contributed by atoms with Crippen molar-refractivity contribution in [3.05, 3.63) is 70.1 Å². The SMILES string of the molecule is CNS(=O)(=O)c1ccc(CNC(=O)Cn2nc(C)c3ccccc3c2=O)cc1. The number of aromatic nitrogens is 2. The molecule has 3 aromatic rings. The van der Waals surface area contributed by atoms with E-state index in [4.69, 9.17) is 0 Å².